The SMILES string of the molecule is COc1ccc(S(=O)(=O)[C@H]2CS(=O)(=O)C[C@@H]2NCC(c2ccc(F)cc2)N(C)C)cc1. The highest BCUT2D eigenvalue weighted by molar-refractivity contribution is 7.96. The zero-order valence-corrected chi connectivity index (χ0v) is 19.3. The summed E-state index contributed by atoms with van der Waals surface area (Å²) in [6, 6.07) is 11.1. The molecule has 1 aliphatic heterocycles. The monoisotopic (exact) mass is 470 g/mol. The van der Waals surface area contributed by atoms with E-state index in [0.29, 0.717) is 12.3 Å². The van der Waals surface area contributed by atoms with E-state index < -0.39 is 36.7 Å². The molecule has 31 heavy (non-hydrogen) atoms. The van der Waals surface area contributed by atoms with E-state index in [9.17, 15) is 21.2 Å². The van der Waals surface area contributed by atoms with E-state index in [0.717, 1.165) is 5.56 Å². The van der Waals surface area contributed by atoms with Gasteiger partial charge in [0.15, 0.2) is 19.7 Å². The molecule has 1 aliphatic rings. The first kappa shape index (κ1) is 23.6. The van der Waals surface area contributed by atoms with E-state index in [4.69, 9.17) is 4.74 Å². The topological polar surface area (TPSA) is 92.8 Å². The Bertz CT molecular complexity index is 1100. The number of nitrogens with one attached hydrogen (secondary N) is 1. The van der Waals surface area contributed by atoms with Crippen molar-refractivity contribution >= 4 is 19.7 Å². The van der Waals surface area contributed by atoms with Crippen LogP contribution in [0.5, 0.6) is 5.75 Å². The number of rotatable bonds is 8. The van der Waals surface area contributed by atoms with Gasteiger partial charge in [-0.25, -0.2) is 21.2 Å². The largest absolute Gasteiger partial charge is 0.497 e. The molecule has 0 bridgehead atoms. The summed E-state index contributed by atoms with van der Waals surface area (Å²) in [6.07, 6.45) is 0. The minimum atomic E-state index is -3.88. The number of sulfone groups is 2. The quantitative estimate of drug-likeness (QED) is 0.627. The average Bonchev–Trinajstić information content (AvgIpc) is 3.04. The van der Waals surface area contributed by atoms with Gasteiger partial charge in [0.05, 0.1) is 28.8 Å². The lowest BCUT2D eigenvalue weighted by molar-refractivity contribution is 0.281. The normalized spacial score (nSPS) is 21.8. The number of nitrogens with zero attached hydrogens (tertiary/aromatic N) is 1. The van der Waals surface area contributed by atoms with E-state index in [1.165, 1.54) is 43.5 Å². The van der Waals surface area contributed by atoms with E-state index in [-0.39, 0.29) is 22.5 Å². The van der Waals surface area contributed by atoms with Gasteiger partial charge in [0.25, 0.3) is 0 Å². The molecule has 1 fully saturated rings. The summed E-state index contributed by atoms with van der Waals surface area (Å²) in [5.74, 6) is -0.513. The fourth-order valence-electron chi connectivity index (χ4n) is 3.80. The lowest BCUT2D eigenvalue weighted by atomic mass is 10.1. The first-order valence-electron chi connectivity index (χ1n) is 9.77. The second kappa shape index (κ2) is 9.23. The fraction of sp³-hybridized carbons (Fsp3) is 0.429. The first-order chi connectivity index (χ1) is 14.5. The molecule has 0 aliphatic carbocycles. The number of ether oxygens (including phenoxy) is 1. The number of hydrogen-bond donors (Lipinski definition) is 1. The van der Waals surface area contributed by atoms with Gasteiger partial charge >= 0.3 is 0 Å². The van der Waals surface area contributed by atoms with E-state index >= 15 is 0 Å². The summed E-state index contributed by atoms with van der Waals surface area (Å²) in [5, 5.41) is 2.07. The van der Waals surface area contributed by atoms with Crippen molar-refractivity contribution in [3.05, 3.63) is 59.9 Å². The average molecular weight is 471 g/mol. The van der Waals surface area contributed by atoms with Gasteiger partial charge < -0.3 is 15.0 Å². The number of methoxy groups -OCH3 is 1. The zero-order valence-electron chi connectivity index (χ0n) is 17.7. The minimum absolute atomic E-state index is 0.0601. The van der Waals surface area contributed by atoms with E-state index in [1.54, 1.807) is 12.1 Å². The molecule has 1 heterocycles. The number of benzene rings is 2. The number of likely N-dealkylation sites (N-methyl/N-ethyl adjacent to an activating group) is 1. The lowest BCUT2D eigenvalue weighted by Crippen LogP contribution is -2.46. The molecule has 1 saturated heterocycles. The molecule has 2 aromatic carbocycles. The van der Waals surface area contributed by atoms with Crippen molar-refractivity contribution < 1.29 is 26.0 Å². The van der Waals surface area contributed by atoms with Crippen LogP contribution >= 0.6 is 0 Å². The van der Waals surface area contributed by atoms with Crippen molar-refractivity contribution in [1.82, 2.24) is 10.2 Å². The van der Waals surface area contributed by atoms with Gasteiger partial charge in [-0.15, -0.1) is 0 Å². The van der Waals surface area contributed by atoms with E-state index in [2.05, 4.69) is 5.32 Å². The molecular formula is C21H27FN2O5S2. The third kappa shape index (κ3) is 5.43. The summed E-state index contributed by atoms with van der Waals surface area (Å²) in [5.41, 5.74) is 0.842. The molecular weight excluding hydrogens is 443 g/mol. The lowest BCUT2D eigenvalue weighted by Gasteiger charge is -2.28. The molecule has 10 heteroatoms. The Morgan fingerprint density at radius 3 is 2.26 bits per heavy atom. The van der Waals surface area contributed by atoms with Gasteiger partial charge in [-0.2, -0.15) is 0 Å². The van der Waals surface area contributed by atoms with Gasteiger partial charge in [0, 0.05) is 18.6 Å². The maximum Gasteiger partial charge on any atom is 0.183 e. The smallest absolute Gasteiger partial charge is 0.183 e. The standard InChI is InChI=1S/C21H27FN2O5S2/c1-24(2)20(15-4-6-16(22)7-5-15)12-23-19-13-30(25,26)14-21(19)31(27,28)18-10-8-17(29-3)9-11-18/h4-11,19-21,23H,12-14H2,1-3H3/t19-,20?,21-/m0/s1. The van der Waals surface area contributed by atoms with Gasteiger partial charge in [-0.3, -0.25) is 0 Å². The van der Waals surface area contributed by atoms with Crippen LogP contribution in [-0.2, 0) is 19.7 Å². The highest BCUT2D eigenvalue weighted by Gasteiger charge is 2.45. The molecule has 1 unspecified atom stereocenters. The third-order valence-corrected chi connectivity index (χ3v) is 9.71. The molecule has 0 radical (unpaired) electrons. The van der Waals surface area contributed by atoms with Crippen LogP contribution in [0.3, 0.4) is 0 Å². The maximum absolute atomic E-state index is 13.3. The molecule has 0 aromatic heterocycles. The van der Waals surface area contributed by atoms with Crippen LogP contribution in [0.4, 0.5) is 4.39 Å². The van der Waals surface area contributed by atoms with E-state index in [1.807, 2.05) is 19.0 Å². The Kier molecular flexibility index (Phi) is 7.04. The van der Waals surface area contributed by atoms with Crippen LogP contribution in [0.1, 0.15) is 11.6 Å². The van der Waals surface area contributed by atoms with Gasteiger partial charge in [0.2, 0.25) is 0 Å². The predicted molar refractivity (Wildman–Crippen MR) is 117 cm³/mol. The Balaban J connectivity index is 1.83. The Hall–Kier alpha value is -2.01. The van der Waals surface area contributed by atoms with Crippen molar-refractivity contribution in [2.75, 3.05) is 39.3 Å². The van der Waals surface area contributed by atoms with Crippen LogP contribution in [-0.4, -0.2) is 72.3 Å². The van der Waals surface area contributed by atoms with Crippen molar-refractivity contribution in [1.29, 1.82) is 0 Å². The molecule has 170 valence electrons. The zero-order chi connectivity index (χ0) is 22.8. The summed E-state index contributed by atoms with van der Waals surface area (Å²) in [7, 11) is -2.21. The molecule has 2 aromatic rings. The second-order valence-electron chi connectivity index (χ2n) is 7.88. The fourth-order valence-corrected chi connectivity index (χ4v) is 8.51. The Labute approximate surface area is 183 Å². The molecule has 0 saturated carbocycles. The molecule has 0 spiro atoms. The van der Waals surface area contributed by atoms with Crippen molar-refractivity contribution in [2.24, 2.45) is 0 Å². The van der Waals surface area contributed by atoms with Crippen LogP contribution in [0, 0.1) is 5.82 Å². The molecule has 0 amide bonds. The van der Waals surface area contributed by atoms with Crippen LogP contribution < -0.4 is 10.1 Å². The summed E-state index contributed by atoms with van der Waals surface area (Å²) < 4.78 is 69.5. The third-order valence-electron chi connectivity index (χ3n) is 5.54. The number of hydrogen-bond acceptors (Lipinski definition) is 7. The highest BCUT2D eigenvalue weighted by atomic mass is 32.2. The van der Waals surface area contributed by atoms with Crippen LogP contribution in [0.15, 0.2) is 53.4 Å². The minimum Gasteiger partial charge on any atom is -0.497 e. The van der Waals surface area contributed by atoms with Crippen molar-refractivity contribution in [3.63, 3.8) is 0 Å². The molecule has 7 nitrogen and oxygen atoms in total. The predicted octanol–water partition coefficient (Wildman–Crippen LogP) is 1.67. The van der Waals surface area contributed by atoms with Crippen molar-refractivity contribution in [3.8, 4) is 5.75 Å². The second-order valence-corrected chi connectivity index (χ2v) is 12.2. The first-order valence-corrected chi connectivity index (χ1v) is 13.1. The van der Waals surface area contributed by atoms with Crippen LogP contribution in [0.25, 0.3) is 0 Å². The maximum atomic E-state index is 13.3. The Morgan fingerprint density at radius 1 is 1.10 bits per heavy atom. The van der Waals surface area contributed by atoms with Gasteiger partial charge in [-0.05, 0) is 56.1 Å². The van der Waals surface area contributed by atoms with Gasteiger partial charge in [-0.1, -0.05) is 12.1 Å². The molecule has 3 rings (SSSR count). The van der Waals surface area contributed by atoms with Gasteiger partial charge in [0.1, 0.15) is 11.6 Å². The highest BCUT2D eigenvalue weighted by Crippen LogP contribution is 2.28. The van der Waals surface area contributed by atoms with Crippen molar-refractivity contribution in [2.45, 2.75) is 22.2 Å². The summed E-state index contributed by atoms with van der Waals surface area (Å²) in [6.45, 7) is 0.313. The molecule has 1 N–H and O–H groups in total. The summed E-state index contributed by atoms with van der Waals surface area (Å²) >= 11 is 0. The number of halogens is 1. The van der Waals surface area contributed by atoms with Crippen LogP contribution in [0.2, 0.25) is 0 Å². The molecule has 3 atom stereocenters. The summed E-state index contributed by atoms with van der Waals surface area (Å²) in [4.78, 5) is 1.97. The Morgan fingerprint density at radius 2 is 1.71 bits per heavy atom.